The number of carbonyl (C=O) groups is 1. The van der Waals surface area contributed by atoms with Gasteiger partial charge in [-0.15, -0.1) is 12.4 Å². The third-order valence-corrected chi connectivity index (χ3v) is 2.94. The molecule has 1 unspecified atom stereocenters. The van der Waals surface area contributed by atoms with Crippen molar-refractivity contribution in [3.63, 3.8) is 0 Å². The van der Waals surface area contributed by atoms with Gasteiger partial charge in [-0.3, -0.25) is 4.79 Å². The number of carbonyl (C=O) groups excluding carboxylic acids is 1. The Morgan fingerprint density at radius 2 is 1.89 bits per heavy atom. The molecule has 5 heteroatoms. The maximum Gasteiger partial charge on any atom is 0.221 e. The van der Waals surface area contributed by atoms with Gasteiger partial charge in [0.25, 0.3) is 0 Å². The van der Waals surface area contributed by atoms with Crippen LogP contribution in [0.1, 0.15) is 38.3 Å². The van der Waals surface area contributed by atoms with Crippen LogP contribution >= 0.6 is 24.0 Å². The second kappa shape index (κ2) is 9.18. The van der Waals surface area contributed by atoms with Crippen LogP contribution in [0.2, 0.25) is 5.02 Å². The monoisotopic (exact) mass is 304 g/mol. The van der Waals surface area contributed by atoms with E-state index in [1.165, 1.54) is 0 Å². The maximum atomic E-state index is 11.7. The van der Waals surface area contributed by atoms with Gasteiger partial charge in [0.15, 0.2) is 0 Å². The minimum Gasteiger partial charge on any atom is -0.349 e. The van der Waals surface area contributed by atoms with Crippen LogP contribution in [0.5, 0.6) is 0 Å². The average molecular weight is 305 g/mol. The summed E-state index contributed by atoms with van der Waals surface area (Å²) in [5.74, 6) is 0.502. The molecule has 0 aliphatic heterocycles. The first kappa shape index (κ1) is 18.2. The van der Waals surface area contributed by atoms with Crippen LogP contribution in [0.4, 0.5) is 0 Å². The van der Waals surface area contributed by atoms with Crippen LogP contribution in [0.3, 0.4) is 0 Å². The lowest BCUT2D eigenvalue weighted by Gasteiger charge is -2.21. The summed E-state index contributed by atoms with van der Waals surface area (Å²) in [6.45, 7) is 4.65. The molecule has 0 aromatic heterocycles. The van der Waals surface area contributed by atoms with Crippen molar-refractivity contribution in [2.75, 3.05) is 6.54 Å². The molecule has 0 aliphatic rings. The molecule has 1 rings (SSSR count). The lowest BCUT2D eigenvalue weighted by atomic mass is 9.97. The summed E-state index contributed by atoms with van der Waals surface area (Å²) < 4.78 is 0. The van der Waals surface area contributed by atoms with E-state index < -0.39 is 0 Å². The Hall–Kier alpha value is -0.770. The molecular formula is C14H22Cl2N2O. The molecule has 1 aromatic rings. The Kier molecular flexibility index (Phi) is 8.81. The van der Waals surface area contributed by atoms with E-state index in [1.807, 2.05) is 24.3 Å². The zero-order valence-electron chi connectivity index (χ0n) is 11.4. The number of hydrogen-bond donors (Lipinski definition) is 2. The van der Waals surface area contributed by atoms with Crippen LogP contribution < -0.4 is 11.1 Å². The SMILES string of the molecule is CC(C)CC(NC(=O)CCN)c1ccc(Cl)cc1.Cl. The predicted molar refractivity (Wildman–Crippen MR) is 82.7 cm³/mol. The van der Waals surface area contributed by atoms with Crippen LogP contribution in [0, 0.1) is 5.92 Å². The quantitative estimate of drug-likeness (QED) is 0.847. The highest BCUT2D eigenvalue weighted by Gasteiger charge is 2.15. The van der Waals surface area contributed by atoms with Gasteiger partial charge < -0.3 is 11.1 Å². The van der Waals surface area contributed by atoms with E-state index in [9.17, 15) is 4.79 Å². The summed E-state index contributed by atoms with van der Waals surface area (Å²) in [6.07, 6.45) is 1.26. The van der Waals surface area contributed by atoms with Crippen molar-refractivity contribution >= 4 is 29.9 Å². The van der Waals surface area contributed by atoms with E-state index in [2.05, 4.69) is 19.2 Å². The molecule has 1 aromatic carbocycles. The van der Waals surface area contributed by atoms with Gasteiger partial charge in [0.2, 0.25) is 5.91 Å². The van der Waals surface area contributed by atoms with Crippen molar-refractivity contribution in [2.24, 2.45) is 11.7 Å². The first-order chi connectivity index (χ1) is 8.52. The highest BCUT2D eigenvalue weighted by Crippen LogP contribution is 2.22. The Balaban J connectivity index is 0.00000324. The van der Waals surface area contributed by atoms with E-state index in [4.69, 9.17) is 17.3 Å². The zero-order chi connectivity index (χ0) is 13.5. The Morgan fingerprint density at radius 1 is 1.32 bits per heavy atom. The third kappa shape index (κ3) is 6.81. The molecule has 0 fully saturated rings. The Bertz CT molecular complexity index is 380. The first-order valence-corrected chi connectivity index (χ1v) is 6.65. The van der Waals surface area contributed by atoms with E-state index in [-0.39, 0.29) is 24.4 Å². The second-order valence-corrected chi connectivity index (χ2v) is 5.28. The standard InChI is InChI=1S/C14H21ClN2O.ClH/c1-10(2)9-13(17-14(18)7-8-16)11-3-5-12(15)6-4-11;/h3-6,10,13H,7-9,16H2,1-2H3,(H,17,18);1H. The van der Waals surface area contributed by atoms with Crippen LogP contribution in [-0.2, 0) is 4.79 Å². The van der Waals surface area contributed by atoms with Gasteiger partial charge in [-0.25, -0.2) is 0 Å². The smallest absolute Gasteiger partial charge is 0.221 e. The number of hydrogen-bond acceptors (Lipinski definition) is 2. The maximum absolute atomic E-state index is 11.7. The highest BCUT2D eigenvalue weighted by molar-refractivity contribution is 6.30. The van der Waals surface area contributed by atoms with E-state index in [0.717, 1.165) is 12.0 Å². The van der Waals surface area contributed by atoms with Gasteiger partial charge in [0.05, 0.1) is 6.04 Å². The lowest BCUT2D eigenvalue weighted by Crippen LogP contribution is -2.30. The molecule has 108 valence electrons. The summed E-state index contributed by atoms with van der Waals surface area (Å²) in [7, 11) is 0. The Morgan fingerprint density at radius 3 is 2.37 bits per heavy atom. The van der Waals surface area contributed by atoms with Crippen molar-refractivity contribution in [1.82, 2.24) is 5.32 Å². The normalized spacial score (nSPS) is 11.8. The van der Waals surface area contributed by atoms with Crippen molar-refractivity contribution in [3.05, 3.63) is 34.9 Å². The van der Waals surface area contributed by atoms with Gasteiger partial charge in [0.1, 0.15) is 0 Å². The van der Waals surface area contributed by atoms with Gasteiger partial charge in [0, 0.05) is 18.0 Å². The molecule has 0 aliphatic carbocycles. The molecule has 0 bridgehead atoms. The predicted octanol–water partition coefficient (Wildman–Crippen LogP) is 3.31. The van der Waals surface area contributed by atoms with E-state index >= 15 is 0 Å². The Labute approximate surface area is 126 Å². The molecule has 0 radical (unpaired) electrons. The van der Waals surface area contributed by atoms with E-state index in [1.54, 1.807) is 0 Å². The number of rotatable bonds is 6. The minimum absolute atomic E-state index is 0. The van der Waals surface area contributed by atoms with Gasteiger partial charge in [-0.1, -0.05) is 37.6 Å². The fraction of sp³-hybridized carbons (Fsp3) is 0.500. The molecule has 0 heterocycles. The third-order valence-electron chi connectivity index (χ3n) is 2.69. The number of halogens is 2. The summed E-state index contributed by atoms with van der Waals surface area (Å²) in [5, 5.41) is 3.73. The molecule has 0 spiro atoms. The van der Waals surface area contributed by atoms with Crippen molar-refractivity contribution in [2.45, 2.75) is 32.7 Å². The number of nitrogens with one attached hydrogen (secondary N) is 1. The summed E-state index contributed by atoms with van der Waals surface area (Å²) in [4.78, 5) is 11.7. The highest BCUT2D eigenvalue weighted by atomic mass is 35.5. The summed E-state index contributed by atoms with van der Waals surface area (Å²) >= 11 is 5.87. The molecule has 0 saturated heterocycles. The van der Waals surface area contributed by atoms with Crippen LogP contribution in [0.25, 0.3) is 0 Å². The summed E-state index contributed by atoms with van der Waals surface area (Å²) in [5.41, 5.74) is 6.47. The fourth-order valence-corrected chi connectivity index (χ4v) is 1.97. The zero-order valence-corrected chi connectivity index (χ0v) is 12.9. The van der Waals surface area contributed by atoms with Crippen LogP contribution in [0.15, 0.2) is 24.3 Å². The van der Waals surface area contributed by atoms with E-state index in [0.29, 0.717) is 23.9 Å². The molecule has 3 N–H and O–H groups in total. The lowest BCUT2D eigenvalue weighted by molar-refractivity contribution is -0.121. The minimum atomic E-state index is -0.00176. The van der Waals surface area contributed by atoms with Gasteiger partial charge in [-0.05, 0) is 30.0 Å². The van der Waals surface area contributed by atoms with Gasteiger partial charge >= 0.3 is 0 Å². The topological polar surface area (TPSA) is 55.1 Å². The van der Waals surface area contributed by atoms with Gasteiger partial charge in [-0.2, -0.15) is 0 Å². The van der Waals surface area contributed by atoms with Crippen LogP contribution in [-0.4, -0.2) is 12.5 Å². The first-order valence-electron chi connectivity index (χ1n) is 6.27. The summed E-state index contributed by atoms with van der Waals surface area (Å²) in [6, 6.07) is 7.63. The van der Waals surface area contributed by atoms with Crippen molar-refractivity contribution in [1.29, 1.82) is 0 Å². The molecule has 3 nitrogen and oxygen atoms in total. The number of amides is 1. The van der Waals surface area contributed by atoms with Crippen molar-refractivity contribution in [3.8, 4) is 0 Å². The molecule has 1 atom stereocenters. The molecule has 0 saturated carbocycles. The fourth-order valence-electron chi connectivity index (χ4n) is 1.84. The molecule has 19 heavy (non-hydrogen) atoms. The number of nitrogens with two attached hydrogens (primary N) is 1. The average Bonchev–Trinajstić information content (AvgIpc) is 2.28. The van der Waals surface area contributed by atoms with Crippen molar-refractivity contribution < 1.29 is 4.79 Å². The molecule has 1 amide bonds. The number of benzene rings is 1. The largest absolute Gasteiger partial charge is 0.349 e. The second-order valence-electron chi connectivity index (χ2n) is 4.84. The molecular weight excluding hydrogens is 283 g/mol.